The van der Waals surface area contributed by atoms with Gasteiger partial charge in [0.1, 0.15) is 5.84 Å². The summed E-state index contributed by atoms with van der Waals surface area (Å²) in [6, 6.07) is 6.53. The zero-order valence-corrected chi connectivity index (χ0v) is 22.9. The molecule has 0 unspecified atom stereocenters. The summed E-state index contributed by atoms with van der Waals surface area (Å²) in [6.45, 7) is 18.2. The van der Waals surface area contributed by atoms with Gasteiger partial charge in [0.15, 0.2) is 11.5 Å². The van der Waals surface area contributed by atoms with Crippen molar-refractivity contribution < 1.29 is 9.47 Å². The van der Waals surface area contributed by atoms with Crippen LogP contribution < -0.4 is 20.1 Å². The molecule has 0 aliphatic carbocycles. The van der Waals surface area contributed by atoms with Gasteiger partial charge in [-0.2, -0.15) is 0 Å². The number of nitrogens with zero attached hydrogens (tertiary/aromatic N) is 3. The van der Waals surface area contributed by atoms with Crippen LogP contribution in [0, 0.1) is 5.92 Å². The van der Waals surface area contributed by atoms with Crippen LogP contribution in [0.3, 0.4) is 0 Å². The number of hydrogen-bond acceptors (Lipinski definition) is 6. The van der Waals surface area contributed by atoms with E-state index in [1.807, 2.05) is 31.2 Å². The number of hydrogen-bond donors (Lipinski definition) is 2. The Morgan fingerprint density at radius 2 is 1.92 bits per heavy atom. The van der Waals surface area contributed by atoms with Gasteiger partial charge >= 0.3 is 0 Å². The predicted octanol–water partition coefficient (Wildman–Crippen LogP) is 5.13. The molecule has 2 saturated heterocycles. The Morgan fingerprint density at radius 3 is 2.61 bits per heavy atom. The fourth-order valence-corrected chi connectivity index (χ4v) is 4.83. The molecule has 7 nitrogen and oxygen atoms in total. The zero-order chi connectivity index (χ0) is 25.8. The Morgan fingerprint density at radius 1 is 1.17 bits per heavy atom. The summed E-state index contributed by atoms with van der Waals surface area (Å²) in [5, 5.41) is 6.80. The Labute approximate surface area is 218 Å². The maximum Gasteiger partial charge on any atom is 0.163 e. The minimum atomic E-state index is 0.646. The number of rotatable bonds is 13. The third-order valence-corrected chi connectivity index (χ3v) is 7.10. The van der Waals surface area contributed by atoms with Crippen molar-refractivity contribution in [3.05, 3.63) is 42.8 Å². The van der Waals surface area contributed by atoms with E-state index >= 15 is 0 Å². The number of benzene rings is 1. The molecule has 2 heterocycles. The highest BCUT2D eigenvalue weighted by Gasteiger charge is 2.20. The molecule has 0 amide bonds. The molecule has 2 N–H and O–H groups in total. The van der Waals surface area contributed by atoms with Crippen molar-refractivity contribution in [3.63, 3.8) is 0 Å². The largest absolute Gasteiger partial charge is 0.493 e. The van der Waals surface area contributed by atoms with Crippen LogP contribution in [0.4, 0.5) is 5.69 Å². The molecule has 0 saturated carbocycles. The minimum Gasteiger partial charge on any atom is -0.493 e. The van der Waals surface area contributed by atoms with E-state index < -0.39 is 0 Å². The van der Waals surface area contributed by atoms with Crippen LogP contribution in [0.1, 0.15) is 52.9 Å². The highest BCUT2D eigenvalue weighted by Crippen LogP contribution is 2.30. The standard InChI is InChI=1S/C29H47N5O2/c1-23(2)34-18-12-26(13-19-34)22-31-24(3)11-14-30-25(4)32-27-9-10-28(35-5)29(21-27)36-20-8-17-33-15-6-7-16-33/h9-11,14,21,23,26,31H,3,6-8,12-13,15-20,22H2,1-2,4-5H3,(H,30,32)/b14-11-. The summed E-state index contributed by atoms with van der Waals surface area (Å²) in [5.41, 5.74) is 1.82. The summed E-state index contributed by atoms with van der Waals surface area (Å²) in [4.78, 5) is 9.58. The lowest BCUT2D eigenvalue weighted by molar-refractivity contribution is 0.149. The molecule has 200 valence electrons. The lowest BCUT2D eigenvalue weighted by Crippen LogP contribution is -2.40. The van der Waals surface area contributed by atoms with Crippen molar-refractivity contribution in [2.45, 2.75) is 58.9 Å². The van der Waals surface area contributed by atoms with E-state index in [-0.39, 0.29) is 0 Å². The molecule has 1 aromatic rings. The number of nitrogens with one attached hydrogen (secondary N) is 2. The molecule has 0 spiro atoms. The topological polar surface area (TPSA) is 61.4 Å². The van der Waals surface area contributed by atoms with Crippen LogP contribution in [-0.4, -0.2) is 74.7 Å². The van der Waals surface area contributed by atoms with Crippen LogP contribution in [0.15, 0.2) is 47.7 Å². The molecule has 0 aromatic heterocycles. The van der Waals surface area contributed by atoms with Gasteiger partial charge in [-0.1, -0.05) is 6.58 Å². The molecular weight excluding hydrogens is 450 g/mol. The lowest BCUT2D eigenvalue weighted by Gasteiger charge is -2.34. The number of aliphatic imine (C=N–C) groups is 1. The number of ether oxygens (including phenoxy) is 2. The normalized spacial score (nSPS) is 18.2. The molecule has 2 aliphatic heterocycles. The van der Waals surface area contributed by atoms with E-state index in [4.69, 9.17) is 9.47 Å². The van der Waals surface area contributed by atoms with Crippen molar-refractivity contribution in [1.29, 1.82) is 0 Å². The van der Waals surface area contributed by atoms with Crippen molar-refractivity contribution in [2.75, 3.05) is 58.3 Å². The van der Waals surface area contributed by atoms with Crippen molar-refractivity contribution in [2.24, 2.45) is 10.9 Å². The molecule has 0 bridgehead atoms. The SMILES string of the molecule is C=C(/C=C\N=C(/C)Nc1ccc(OC)c(OCCCN2CCCC2)c1)NCC1CCN(C(C)C)CC1. The van der Waals surface area contributed by atoms with Crippen LogP contribution in [0.25, 0.3) is 0 Å². The van der Waals surface area contributed by atoms with Gasteiger partial charge in [0.2, 0.25) is 0 Å². The number of amidine groups is 1. The van der Waals surface area contributed by atoms with Gasteiger partial charge in [0, 0.05) is 42.8 Å². The van der Waals surface area contributed by atoms with E-state index in [2.05, 4.69) is 45.9 Å². The Hall–Kier alpha value is -2.51. The second kappa shape index (κ2) is 14.9. The quantitative estimate of drug-likeness (QED) is 0.171. The first kappa shape index (κ1) is 28.1. The second-order valence-electron chi connectivity index (χ2n) is 10.3. The van der Waals surface area contributed by atoms with E-state index in [9.17, 15) is 0 Å². The van der Waals surface area contributed by atoms with Gasteiger partial charge in [-0.3, -0.25) is 0 Å². The van der Waals surface area contributed by atoms with Gasteiger partial charge in [0.25, 0.3) is 0 Å². The Balaban J connectivity index is 1.40. The molecule has 3 rings (SSSR count). The highest BCUT2D eigenvalue weighted by atomic mass is 16.5. The van der Waals surface area contributed by atoms with Gasteiger partial charge < -0.3 is 29.9 Å². The van der Waals surface area contributed by atoms with Gasteiger partial charge in [0.05, 0.1) is 13.7 Å². The van der Waals surface area contributed by atoms with Crippen LogP contribution >= 0.6 is 0 Å². The fraction of sp³-hybridized carbons (Fsp3) is 0.621. The summed E-state index contributed by atoms with van der Waals surface area (Å²) in [5.74, 6) is 3.01. The molecule has 2 fully saturated rings. The molecule has 0 atom stereocenters. The molecule has 1 aromatic carbocycles. The van der Waals surface area contributed by atoms with E-state index in [1.54, 1.807) is 13.3 Å². The van der Waals surface area contributed by atoms with Gasteiger partial charge in [-0.15, -0.1) is 0 Å². The molecule has 0 radical (unpaired) electrons. The summed E-state index contributed by atoms with van der Waals surface area (Å²) in [7, 11) is 1.67. The molecular formula is C29H47N5O2. The van der Waals surface area contributed by atoms with Crippen molar-refractivity contribution >= 4 is 11.5 Å². The molecule has 2 aliphatic rings. The van der Waals surface area contributed by atoms with E-state index in [1.165, 1.54) is 51.9 Å². The number of likely N-dealkylation sites (tertiary alicyclic amines) is 2. The zero-order valence-electron chi connectivity index (χ0n) is 22.9. The monoisotopic (exact) mass is 497 g/mol. The Bertz CT molecular complexity index is 868. The third kappa shape index (κ3) is 9.51. The third-order valence-electron chi connectivity index (χ3n) is 7.10. The average molecular weight is 498 g/mol. The Kier molecular flexibility index (Phi) is 11.6. The first-order valence-electron chi connectivity index (χ1n) is 13.6. The summed E-state index contributed by atoms with van der Waals surface area (Å²) >= 11 is 0. The fourth-order valence-electron chi connectivity index (χ4n) is 4.83. The van der Waals surface area contributed by atoms with Crippen LogP contribution in [0.2, 0.25) is 0 Å². The summed E-state index contributed by atoms with van der Waals surface area (Å²) in [6.07, 6.45) is 9.86. The first-order chi connectivity index (χ1) is 17.4. The lowest BCUT2D eigenvalue weighted by atomic mass is 9.96. The average Bonchev–Trinajstić information content (AvgIpc) is 3.39. The van der Waals surface area contributed by atoms with E-state index in [0.29, 0.717) is 18.6 Å². The maximum atomic E-state index is 6.05. The first-order valence-corrected chi connectivity index (χ1v) is 13.6. The molecule has 36 heavy (non-hydrogen) atoms. The predicted molar refractivity (Wildman–Crippen MR) is 151 cm³/mol. The van der Waals surface area contributed by atoms with E-state index in [0.717, 1.165) is 48.2 Å². The number of allylic oxidation sites excluding steroid dienone is 1. The maximum absolute atomic E-state index is 6.05. The van der Waals surface area contributed by atoms with Gasteiger partial charge in [-0.25, -0.2) is 4.99 Å². The smallest absolute Gasteiger partial charge is 0.163 e. The number of piperidine rings is 1. The van der Waals surface area contributed by atoms with Gasteiger partial charge in [-0.05, 0) is 103 Å². The minimum absolute atomic E-state index is 0.646. The van der Waals surface area contributed by atoms with Crippen molar-refractivity contribution in [1.82, 2.24) is 15.1 Å². The number of methoxy groups -OCH3 is 1. The van der Waals surface area contributed by atoms with Crippen LogP contribution in [-0.2, 0) is 0 Å². The molecule has 7 heteroatoms. The van der Waals surface area contributed by atoms with Crippen molar-refractivity contribution in [3.8, 4) is 11.5 Å². The second-order valence-corrected chi connectivity index (χ2v) is 10.3. The van der Waals surface area contributed by atoms with Crippen LogP contribution in [0.5, 0.6) is 11.5 Å². The highest BCUT2D eigenvalue weighted by molar-refractivity contribution is 5.94. The summed E-state index contributed by atoms with van der Waals surface area (Å²) < 4.78 is 11.5. The number of anilines is 1.